The van der Waals surface area contributed by atoms with E-state index in [4.69, 9.17) is 17.0 Å². The molecule has 0 amide bonds. The van der Waals surface area contributed by atoms with Gasteiger partial charge in [-0.1, -0.05) is 13.3 Å². The fraction of sp³-hybridized carbons (Fsp3) is 0.778. The van der Waals surface area contributed by atoms with E-state index in [1.165, 1.54) is 6.42 Å². The van der Waals surface area contributed by atoms with Crippen LogP contribution in [0.4, 0.5) is 0 Å². The summed E-state index contributed by atoms with van der Waals surface area (Å²) in [6, 6.07) is 0. The minimum absolute atomic E-state index is 0.679. The molecule has 1 N–H and O–H groups in total. The number of ether oxygens (including phenoxy) is 1. The highest BCUT2D eigenvalue weighted by Gasteiger charge is 1.93. The summed E-state index contributed by atoms with van der Waals surface area (Å²) < 4.78 is 8.03. The fourth-order valence-electron chi connectivity index (χ4n) is 1.12. The molecule has 0 aromatic carbocycles. The van der Waals surface area contributed by atoms with Crippen molar-refractivity contribution in [2.24, 2.45) is 0 Å². The highest BCUT2D eigenvalue weighted by Crippen LogP contribution is 1.94. The van der Waals surface area contributed by atoms with E-state index in [1.807, 2.05) is 4.57 Å². The Balaban J connectivity index is 2.05. The number of rotatable bonds is 7. The van der Waals surface area contributed by atoms with E-state index in [1.54, 1.807) is 6.33 Å². The average molecular weight is 215 g/mol. The topological polar surface area (TPSA) is 42.8 Å². The van der Waals surface area contributed by atoms with Gasteiger partial charge in [-0.05, 0) is 25.1 Å². The first-order chi connectivity index (χ1) is 6.84. The van der Waals surface area contributed by atoms with Crippen molar-refractivity contribution in [1.29, 1.82) is 0 Å². The van der Waals surface area contributed by atoms with Crippen molar-refractivity contribution in [1.82, 2.24) is 14.8 Å². The third-order valence-corrected chi connectivity index (χ3v) is 2.27. The van der Waals surface area contributed by atoms with Crippen molar-refractivity contribution < 1.29 is 4.74 Å². The molecule has 1 aromatic rings. The molecule has 1 heterocycles. The zero-order chi connectivity index (χ0) is 10.2. The predicted molar refractivity (Wildman–Crippen MR) is 57.8 cm³/mol. The summed E-state index contributed by atoms with van der Waals surface area (Å²) in [5.74, 6) is 0. The Kier molecular flexibility index (Phi) is 5.47. The van der Waals surface area contributed by atoms with Crippen LogP contribution in [0.3, 0.4) is 0 Å². The maximum absolute atomic E-state index is 5.43. The first-order valence-corrected chi connectivity index (χ1v) is 5.43. The molecule has 1 rings (SSSR count). The van der Waals surface area contributed by atoms with Gasteiger partial charge < -0.3 is 9.30 Å². The zero-order valence-electron chi connectivity index (χ0n) is 8.53. The molecule has 0 bridgehead atoms. The summed E-state index contributed by atoms with van der Waals surface area (Å²) in [5, 5.41) is 6.56. The lowest BCUT2D eigenvalue weighted by atomic mass is 10.4. The molecule has 0 saturated carbocycles. The lowest BCUT2D eigenvalue weighted by Gasteiger charge is -2.03. The van der Waals surface area contributed by atoms with Crippen LogP contribution in [0.1, 0.15) is 26.2 Å². The van der Waals surface area contributed by atoms with Gasteiger partial charge in [0.05, 0.1) is 0 Å². The second-order valence-corrected chi connectivity index (χ2v) is 3.56. The number of aromatic nitrogens is 3. The summed E-state index contributed by atoms with van der Waals surface area (Å²) in [6.45, 7) is 4.70. The summed E-state index contributed by atoms with van der Waals surface area (Å²) >= 11 is 5.01. The normalized spacial score (nSPS) is 10.6. The van der Waals surface area contributed by atoms with Crippen molar-refractivity contribution in [2.75, 3.05) is 13.2 Å². The number of unbranched alkanes of at least 4 members (excludes halogenated alkanes) is 1. The van der Waals surface area contributed by atoms with Gasteiger partial charge in [0.2, 0.25) is 0 Å². The van der Waals surface area contributed by atoms with Gasteiger partial charge in [0.1, 0.15) is 6.33 Å². The Morgan fingerprint density at radius 3 is 2.93 bits per heavy atom. The number of aromatic amines is 1. The second kappa shape index (κ2) is 6.73. The van der Waals surface area contributed by atoms with Gasteiger partial charge >= 0.3 is 0 Å². The number of nitrogens with zero attached hydrogens (tertiary/aromatic N) is 2. The third kappa shape index (κ3) is 4.02. The SMILES string of the molecule is CCCCOCCCn1cn[nH]c1=S. The first kappa shape index (κ1) is 11.4. The molecular formula is C9H17N3OS. The van der Waals surface area contributed by atoms with E-state index in [-0.39, 0.29) is 0 Å². The van der Waals surface area contributed by atoms with Crippen LogP contribution in [-0.4, -0.2) is 28.0 Å². The number of aryl methyl sites for hydroxylation is 1. The molecule has 0 radical (unpaired) electrons. The van der Waals surface area contributed by atoms with E-state index in [9.17, 15) is 0 Å². The van der Waals surface area contributed by atoms with Crippen LogP contribution >= 0.6 is 12.2 Å². The van der Waals surface area contributed by atoms with Gasteiger partial charge in [-0.3, -0.25) is 5.10 Å². The van der Waals surface area contributed by atoms with Crippen LogP contribution in [0.5, 0.6) is 0 Å². The lowest BCUT2D eigenvalue weighted by Crippen LogP contribution is -2.02. The minimum atomic E-state index is 0.679. The summed E-state index contributed by atoms with van der Waals surface area (Å²) in [5.41, 5.74) is 0. The van der Waals surface area contributed by atoms with Gasteiger partial charge in [-0.25, -0.2) is 0 Å². The van der Waals surface area contributed by atoms with Gasteiger partial charge in [0.25, 0.3) is 0 Å². The molecule has 0 aliphatic rings. The van der Waals surface area contributed by atoms with Crippen molar-refractivity contribution in [3.8, 4) is 0 Å². The molecule has 4 nitrogen and oxygen atoms in total. The molecule has 0 saturated heterocycles. The van der Waals surface area contributed by atoms with Gasteiger partial charge in [0, 0.05) is 19.8 Å². The largest absolute Gasteiger partial charge is 0.381 e. The Labute approximate surface area is 89.3 Å². The molecule has 5 heteroatoms. The molecule has 0 spiro atoms. The molecule has 0 unspecified atom stereocenters. The molecule has 0 atom stereocenters. The minimum Gasteiger partial charge on any atom is -0.381 e. The quantitative estimate of drug-likeness (QED) is 0.560. The van der Waals surface area contributed by atoms with Gasteiger partial charge in [-0.15, -0.1) is 0 Å². The zero-order valence-corrected chi connectivity index (χ0v) is 9.35. The van der Waals surface area contributed by atoms with E-state index in [0.717, 1.165) is 32.6 Å². The highest BCUT2D eigenvalue weighted by molar-refractivity contribution is 7.71. The standard InChI is InChI=1S/C9H17N3OS/c1-2-3-6-13-7-4-5-12-8-10-11-9(12)14/h8H,2-7H2,1H3,(H,11,14). The first-order valence-electron chi connectivity index (χ1n) is 5.02. The maximum atomic E-state index is 5.43. The molecular weight excluding hydrogens is 198 g/mol. The van der Waals surface area contributed by atoms with Crippen molar-refractivity contribution in [3.63, 3.8) is 0 Å². The lowest BCUT2D eigenvalue weighted by molar-refractivity contribution is 0.126. The van der Waals surface area contributed by atoms with Crippen LogP contribution in [0.2, 0.25) is 0 Å². The molecule has 0 aliphatic carbocycles. The number of nitrogens with one attached hydrogen (secondary N) is 1. The summed E-state index contributed by atoms with van der Waals surface area (Å²) in [6.07, 6.45) is 5.03. The van der Waals surface area contributed by atoms with Crippen molar-refractivity contribution in [2.45, 2.75) is 32.7 Å². The van der Waals surface area contributed by atoms with Crippen molar-refractivity contribution >= 4 is 12.2 Å². The Bertz CT molecular complexity index is 294. The molecule has 80 valence electrons. The average Bonchev–Trinajstić information content (AvgIpc) is 2.58. The predicted octanol–water partition coefficient (Wildman–Crippen LogP) is 2.15. The van der Waals surface area contributed by atoms with Crippen LogP contribution in [0.25, 0.3) is 0 Å². The number of hydrogen-bond acceptors (Lipinski definition) is 3. The van der Waals surface area contributed by atoms with E-state index < -0.39 is 0 Å². The molecule has 14 heavy (non-hydrogen) atoms. The highest BCUT2D eigenvalue weighted by atomic mass is 32.1. The maximum Gasteiger partial charge on any atom is 0.194 e. The second-order valence-electron chi connectivity index (χ2n) is 3.17. The van der Waals surface area contributed by atoms with Crippen molar-refractivity contribution in [3.05, 3.63) is 11.1 Å². The van der Waals surface area contributed by atoms with Crippen LogP contribution in [-0.2, 0) is 11.3 Å². The Morgan fingerprint density at radius 1 is 1.50 bits per heavy atom. The molecule has 0 fully saturated rings. The van der Waals surface area contributed by atoms with E-state index in [0.29, 0.717) is 4.77 Å². The molecule has 0 aliphatic heterocycles. The van der Waals surface area contributed by atoms with Crippen LogP contribution < -0.4 is 0 Å². The Morgan fingerprint density at radius 2 is 2.29 bits per heavy atom. The number of H-pyrrole nitrogens is 1. The van der Waals surface area contributed by atoms with Gasteiger partial charge in [0.15, 0.2) is 4.77 Å². The van der Waals surface area contributed by atoms with Crippen LogP contribution in [0, 0.1) is 4.77 Å². The smallest absolute Gasteiger partial charge is 0.194 e. The van der Waals surface area contributed by atoms with Crippen LogP contribution in [0.15, 0.2) is 6.33 Å². The number of hydrogen-bond donors (Lipinski definition) is 1. The van der Waals surface area contributed by atoms with E-state index in [2.05, 4.69) is 17.1 Å². The monoisotopic (exact) mass is 215 g/mol. The van der Waals surface area contributed by atoms with E-state index >= 15 is 0 Å². The summed E-state index contributed by atoms with van der Waals surface area (Å²) in [4.78, 5) is 0. The Hall–Kier alpha value is -0.680. The third-order valence-electron chi connectivity index (χ3n) is 1.95. The van der Waals surface area contributed by atoms with Gasteiger partial charge in [-0.2, -0.15) is 5.10 Å². The summed E-state index contributed by atoms with van der Waals surface area (Å²) in [7, 11) is 0. The molecule has 1 aromatic heterocycles. The fourth-order valence-corrected chi connectivity index (χ4v) is 1.31.